The van der Waals surface area contributed by atoms with Crippen LogP contribution in [0.15, 0.2) is 30.5 Å². The fourth-order valence-corrected chi connectivity index (χ4v) is 4.53. The van der Waals surface area contributed by atoms with Crippen LogP contribution in [0.1, 0.15) is 34.6 Å². The van der Waals surface area contributed by atoms with Gasteiger partial charge in [-0.1, -0.05) is 23.7 Å². The number of carboxylic acid groups (broad SMARTS) is 1. The van der Waals surface area contributed by atoms with E-state index in [1.54, 1.807) is 13.0 Å². The summed E-state index contributed by atoms with van der Waals surface area (Å²) in [5.74, 6) is -5.56. The predicted molar refractivity (Wildman–Crippen MR) is 134 cm³/mol. The van der Waals surface area contributed by atoms with Crippen LogP contribution in [0, 0.1) is 0 Å². The van der Waals surface area contributed by atoms with Crippen molar-refractivity contribution in [2.45, 2.75) is 25.3 Å². The lowest BCUT2D eigenvalue weighted by Gasteiger charge is -2.33. The number of urea groups is 1. The van der Waals surface area contributed by atoms with Gasteiger partial charge in [-0.15, -0.1) is 0 Å². The Morgan fingerprint density at radius 2 is 2.00 bits per heavy atom. The molecule has 16 heteroatoms. The summed E-state index contributed by atoms with van der Waals surface area (Å²) in [6.07, 6.45) is 0.970. The number of hydrogen-bond donors (Lipinski definition) is 5. The van der Waals surface area contributed by atoms with Crippen LogP contribution in [0.25, 0.3) is 0 Å². The number of aromatic nitrogens is 1. The van der Waals surface area contributed by atoms with Crippen LogP contribution >= 0.6 is 11.6 Å². The van der Waals surface area contributed by atoms with Gasteiger partial charge in [-0.25, -0.2) is 9.59 Å². The summed E-state index contributed by atoms with van der Waals surface area (Å²) in [5.41, 5.74) is 0.0553. The van der Waals surface area contributed by atoms with Crippen molar-refractivity contribution in [2.75, 3.05) is 19.6 Å². The van der Waals surface area contributed by atoms with Crippen molar-refractivity contribution in [3.63, 3.8) is 0 Å². The number of para-hydroxylation sites is 1. The molecule has 0 spiro atoms. The van der Waals surface area contributed by atoms with Crippen molar-refractivity contribution in [2.24, 2.45) is 0 Å². The Morgan fingerprint density at radius 1 is 1.26 bits per heavy atom. The van der Waals surface area contributed by atoms with Gasteiger partial charge in [0.1, 0.15) is 11.5 Å². The number of piperazine rings is 1. The Kier molecular flexibility index (Phi) is 7.92. The molecule has 1 aromatic heterocycles. The van der Waals surface area contributed by atoms with E-state index in [4.69, 9.17) is 16.3 Å². The molecule has 2 aliphatic rings. The Hall–Kier alpha value is -4.37. The summed E-state index contributed by atoms with van der Waals surface area (Å²) in [6, 6.07) is 2.77. The van der Waals surface area contributed by atoms with Gasteiger partial charge in [0, 0.05) is 25.7 Å². The highest BCUT2D eigenvalue weighted by Crippen LogP contribution is 2.31. The van der Waals surface area contributed by atoms with Crippen molar-refractivity contribution < 1.29 is 43.9 Å². The van der Waals surface area contributed by atoms with E-state index >= 15 is 0 Å². The second kappa shape index (κ2) is 11.2. The number of likely N-dealkylation sites (N-methyl/N-ethyl adjacent to an activating group) is 1. The number of benzene rings is 1. The van der Waals surface area contributed by atoms with Gasteiger partial charge in [-0.3, -0.25) is 24.3 Å². The maximum atomic E-state index is 13.4. The lowest BCUT2D eigenvalue weighted by atomic mass is 9.72. The third-order valence-electron chi connectivity index (χ3n) is 6.27. The first-order valence-corrected chi connectivity index (χ1v) is 12.2. The van der Waals surface area contributed by atoms with E-state index in [2.05, 4.69) is 15.6 Å². The first-order valence-electron chi connectivity index (χ1n) is 11.8. The fraction of sp³-hybridized carbons (Fsp3) is 0.304. The highest BCUT2D eigenvalue weighted by atomic mass is 35.5. The maximum Gasteiger partial charge on any atom is 0.547 e. The average Bonchev–Trinajstić information content (AvgIpc) is 2.89. The smallest absolute Gasteiger partial charge is 0.534 e. The molecule has 14 nitrogen and oxygen atoms in total. The zero-order chi connectivity index (χ0) is 28.4. The summed E-state index contributed by atoms with van der Waals surface area (Å²) in [5, 5.41) is 34.3. The number of hydrogen-bond acceptors (Lipinski definition) is 9. The minimum absolute atomic E-state index is 0.0211. The monoisotopic (exact) mass is 559 g/mol. The molecule has 1 saturated heterocycles. The van der Waals surface area contributed by atoms with Crippen LogP contribution in [0.4, 0.5) is 4.79 Å². The van der Waals surface area contributed by atoms with Crippen molar-refractivity contribution >= 4 is 48.4 Å². The third-order valence-corrected chi connectivity index (χ3v) is 6.57. The van der Waals surface area contributed by atoms with Crippen molar-refractivity contribution in [3.8, 4) is 11.5 Å². The first-order chi connectivity index (χ1) is 18.5. The molecular formula is C23H23BClN5O9. The van der Waals surface area contributed by atoms with Gasteiger partial charge in [0.2, 0.25) is 5.91 Å². The van der Waals surface area contributed by atoms with Crippen LogP contribution in [-0.4, -0.2) is 92.4 Å². The number of aromatic hydroxyl groups is 1. The molecule has 4 rings (SSSR count). The molecule has 204 valence electrons. The minimum atomic E-state index is -1.65. The Labute approximate surface area is 226 Å². The normalized spacial score (nSPS) is 17.7. The molecule has 2 aromatic rings. The van der Waals surface area contributed by atoms with E-state index in [9.17, 15) is 39.2 Å². The van der Waals surface area contributed by atoms with Gasteiger partial charge in [0.25, 0.3) is 0 Å². The highest BCUT2D eigenvalue weighted by Gasteiger charge is 2.41. The van der Waals surface area contributed by atoms with Crippen molar-refractivity contribution in [3.05, 3.63) is 52.3 Å². The number of carboxylic acids is 1. The van der Waals surface area contributed by atoms with Gasteiger partial charge >= 0.3 is 30.9 Å². The van der Waals surface area contributed by atoms with Crippen LogP contribution in [-0.2, 0) is 20.8 Å². The summed E-state index contributed by atoms with van der Waals surface area (Å²) in [4.78, 5) is 68.6. The topological polar surface area (TPSA) is 199 Å². The van der Waals surface area contributed by atoms with Gasteiger partial charge in [-0.2, -0.15) is 0 Å². The number of nitrogens with zero attached hydrogens (tertiary/aromatic N) is 3. The molecule has 0 radical (unpaired) electrons. The standard InChI is InChI=1S/C23H23BClN5O9/c1-2-29-6-7-30(21(34)20(29)33)23(37)28-17(16-14(25)9-12(31)10-26-16)19(32)27-15-8-11-4-3-5-13(22(35)36)18(11)39-24(15)38/h3-5,9-10,15,17,31,38H,2,6-8H2,1H3,(H,27,32)(H,28,37)(H,35,36)/t15-,17?/m0/s1. The number of nitrogens with one attached hydrogen (secondary N) is 2. The SMILES string of the molecule is CCN1CCN(C(=O)NC(C(=O)N[C@H]2Cc3cccc(C(=O)O)c3OB2O)c2ncc(O)cc2Cl)C(=O)C1=O. The molecule has 2 atom stereocenters. The second-order valence-corrected chi connectivity index (χ2v) is 9.12. The number of imide groups is 1. The Balaban J connectivity index is 1.58. The van der Waals surface area contributed by atoms with E-state index < -0.39 is 48.8 Å². The molecule has 5 amide bonds. The molecule has 1 fully saturated rings. The van der Waals surface area contributed by atoms with E-state index in [1.165, 1.54) is 17.0 Å². The molecule has 0 saturated carbocycles. The third kappa shape index (κ3) is 5.58. The second-order valence-electron chi connectivity index (χ2n) is 8.71. The number of carbonyl (C=O) groups excluding carboxylic acids is 4. The molecule has 3 heterocycles. The van der Waals surface area contributed by atoms with Crippen LogP contribution < -0.4 is 15.3 Å². The van der Waals surface area contributed by atoms with E-state index in [0.29, 0.717) is 10.5 Å². The first kappa shape index (κ1) is 27.7. The number of fused-ring (bicyclic) bond motifs is 1. The Morgan fingerprint density at radius 3 is 2.67 bits per heavy atom. The molecule has 2 aliphatic heterocycles. The number of carbonyl (C=O) groups is 5. The number of halogens is 1. The van der Waals surface area contributed by atoms with Gasteiger partial charge < -0.3 is 35.4 Å². The highest BCUT2D eigenvalue weighted by molar-refractivity contribution is 6.47. The largest absolute Gasteiger partial charge is 0.547 e. The van der Waals surface area contributed by atoms with Crippen LogP contribution in [0.3, 0.4) is 0 Å². The van der Waals surface area contributed by atoms with E-state index in [-0.39, 0.29) is 53.8 Å². The molecule has 1 unspecified atom stereocenters. The molecular weight excluding hydrogens is 537 g/mol. The molecule has 5 N–H and O–H groups in total. The van der Waals surface area contributed by atoms with Gasteiger partial charge in [0.05, 0.1) is 28.4 Å². The zero-order valence-electron chi connectivity index (χ0n) is 20.5. The molecule has 0 bridgehead atoms. The van der Waals surface area contributed by atoms with E-state index in [0.717, 1.165) is 12.3 Å². The summed E-state index contributed by atoms with van der Waals surface area (Å²) in [6.45, 7) is 1.95. The molecule has 1 aromatic carbocycles. The average molecular weight is 560 g/mol. The van der Waals surface area contributed by atoms with Crippen LogP contribution in [0.2, 0.25) is 5.02 Å². The van der Waals surface area contributed by atoms with Crippen LogP contribution in [0.5, 0.6) is 11.5 Å². The lowest BCUT2D eigenvalue weighted by Crippen LogP contribution is -2.60. The number of rotatable bonds is 6. The number of pyridine rings is 1. The molecule has 39 heavy (non-hydrogen) atoms. The van der Waals surface area contributed by atoms with Crippen molar-refractivity contribution in [1.29, 1.82) is 0 Å². The van der Waals surface area contributed by atoms with E-state index in [1.807, 2.05) is 0 Å². The number of amides is 5. The fourth-order valence-electron chi connectivity index (χ4n) is 4.26. The maximum absolute atomic E-state index is 13.4. The Bertz CT molecular complexity index is 1360. The lowest BCUT2D eigenvalue weighted by molar-refractivity contribution is -0.153. The minimum Gasteiger partial charge on any atom is -0.534 e. The predicted octanol–water partition coefficient (Wildman–Crippen LogP) is -0.280. The van der Waals surface area contributed by atoms with Gasteiger partial charge in [0.15, 0.2) is 6.04 Å². The van der Waals surface area contributed by atoms with Gasteiger partial charge in [-0.05, 0) is 25.0 Å². The number of aromatic carboxylic acids is 1. The van der Waals surface area contributed by atoms with Crippen molar-refractivity contribution in [1.82, 2.24) is 25.4 Å². The summed E-state index contributed by atoms with van der Waals surface area (Å²) < 4.78 is 5.39. The summed E-state index contributed by atoms with van der Waals surface area (Å²) in [7, 11) is -1.65. The molecule has 0 aliphatic carbocycles. The zero-order valence-corrected chi connectivity index (χ0v) is 21.2. The summed E-state index contributed by atoms with van der Waals surface area (Å²) >= 11 is 6.19. The quantitative estimate of drug-likeness (QED) is 0.232.